The van der Waals surface area contributed by atoms with Crippen LogP contribution in [0.1, 0.15) is 47.2 Å². The molecule has 0 saturated carbocycles. The van der Waals surface area contributed by atoms with Crippen molar-refractivity contribution in [3.05, 3.63) is 276 Å². The maximum absolute atomic E-state index is 5.40. The summed E-state index contributed by atoms with van der Waals surface area (Å²) in [5.74, 6) is 1.85. The van der Waals surface area contributed by atoms with E-state index in [1.807, 2.05) is 18.2 Å². The molecule has 14 rings (SSSR count). The molecule has 4 heteroatoms. The van der Waals surface area contributed by atoms with E-state index < -0.39 is 5.41 Å². The molecular formula is C67H46N4. The molecule has 0 aliphatic heterocycles. The third-order valence-electron chi connectivity index (χ3n) is 15.3. The number of rotatable bonds is 7. The van der Waals surface area contributed by atoms with E-state index >= 15 is 0 Å². The highest BCUT2D eigenvalue weighted by Gasteiger charge is 2.47. The molecule has 0 atom stereocenters. The fourth-order valence-corrected chi connectivity index (χ4v) is 12.1. The van der Waals surface area contributed by atoms with Crippen LogP contribution in [0.4, 0.5) is 0 Å². The zero-order valence-electron chi connectivity index (χ0n) is 39.4. The molecule has 71 heavy (non-hydrogen) atoms. The van der Waals surface area contributed by atoms with Gasteiger partial charge < -0.3 is 4.57 Å². The molecule has 10 aromatic carbocycles. The van der Waals surface area contributed by atoms with E-state index in [4.69, 9.17) is 15.0 Å². The minimum atomic E-state index is -0.664. The topological polar surface area (TPSA) is 43.6 Å². The smallest absolute Gasteiger partial charge is 0.164 e. The molecule has 0 unspecified atom stereocenters. The van der Waals surface area contributed by atoms with Crippen molar-refractivity contribution >= 4 is 21.8 Å². The lowest BCUT2D eigenvalue weighted by Crippen LogP contribution is -2.28. The second-order valence-corrected chi connectivity index (χ2v) is 19.5. The number of nitrogens with zero attached hydrogens (tertiary/aromatic N) is 4. The minimum Gasteiger partial charge on any atom is -0.309 e. The summed E-state index contributed by atoms with van der Waals surface area (Å²) in [5, 5.41) is 2.44. The average molecular weight is 907 g/mol. The Kier molecular flexibility index (Phi) is 9.12. The third-order valence-corrected chi connectivity index (χ3v) is 15.3. The highest BCUT2D eigenvalue weighted by atomic mass is 15.0. The molecule has 0 radical (unpaired) electrons. The molecule has 2 aliphatic rings. The molecule has 2 aromatic heterocycles. The molecule has 0 bridgehead atoms. The highest BCUT2D eigenvalue weighted by Crippen LogP contribution is 2.59. The van der Waals surface area contributed by atoms with Crippen LogP contribution in [0.3, 0.4) is 0 Å². The lowest BCUT2D eigenvalue weighted by molar-refractivity contribution is 0.660. The number of fused-ring (bicyclic) bond motifs is 9. The maximum Gasteiger partial charge on any atom is 0.164 e. The first kappa shape index (κ1) is 41.0. The molecular weight excluding hydrogens is 861 g/mol. The van der Waals surface area contributed by atoms with Crippen LogP contribution in [-0.4, -0.2) is 19.5 Å². The van der Waals surface area contributed by atoms with Crippen LogP contribution in [0.15, 0.2) is 243 Å². The van der Waals surface area contributed by atoms with Gasteiger partial charge in [0.15, 0.2) is 17.5 Å². The molecule has 0 saturated heterocycles. The van der Waals surface area contributed by atoms with Gasteiger partial charge >= 0.3 is 0 Å². The Labute approximate surface area is 413 Å². The average Bonchev–Trinajstić information content (AvgIpc) is 4.02. The van der Waals surface area contributed by atoms with Crippen LogP contribution < -0.4 is 0 Å². The van der Waals surface area contributed by atoms with Crippen LogP contribution in [0, 0.1) is 0 Å². The van der Waals surface area contributed by atoms with Gasteiger partial charge in [0.05, 0.1) is 16.4 Å². The Balaban J connectivity index is 0.976. The van der Waals surface area contributed by atoms with Crippen molar-refractivity contribution in [3.63, 3.8) is 0 Å². The van der Waals surface area contributed by atoms with E-state index in [0.717, 1.165) is 33.4 Å². The number of hydrogen-bond acceptors (Lipinski definition) is 3. The number of aromatic nitrogens is 4. The zero-order chi connectivity index (χ0) is 47.3. The number of para-hydroxylation sites is 2. The van der Waals surface area contributed by atoms with Gasteiger partial charge in [0.25, 0.3) is 0 Å². The Hall–Kier alpha value is -8.99. The Morgan fingerprint density at radius 3 is 1.44 bits per heavy atom. The molecule has 0 N–H and O–H groups in total. The Morgan fingerprint density at radius 2 is 0.789 bits per heavy atom. The van der Waals surface area contributed by atoms with Gasteiger partial charge in [-0.15, -0.1) is 0 Å². The van der Waals surface area contributed by atoms with Gasteiger partial charge in [0.2, 0.25) is 0 Å². The van der Waals surface area contributed by atoms with Gasteiger partial charge in [-0.2, -0.15) is 0 Å². The van der Waals surface area contributed by atoms with Gasteiger partial charge in [-0.1, -0.05) is 220 Å². The Bertz CT molecular complexity index is 3980. The lowest BCUT2D eigenvalue weighted by Gasteiger charge is -2.34. The van der Waals surface area contributed by atoms with Crippen molar-refractivity contribution in [2.24, 2.45) is 0 Å². The summed E-state index contributed by atoms with van der Waals surface area (Å²) in [6.45, 7) is 4.72. The highest BCUT2D eigenvalue weighted by molar-refractivity contribution is 6.09. The zero-order valence-corrected chi connectivity index (χ0v) is 39.4. The second-order valence-electron chi connectivity index (χ2n) is 19.5. The molecule has 2 aliphatic carbocycles. The standard InChI is InChI=1S/C67H46N4/c1-66(2)56-32-15-12-30-55(56)62-50(31-19-33-57(62)66)44-36-38-51-52-39-37-46(42-59(52)67(58(51)41-44,47-23-8-4-9-24-47)48-25-10-5-11-26-48)65-69-63(43-20-6-3-7-21-43)68-64(70-65)45-22-18-27-49(40-45)71-60-34-16-13-28-53(60)54-29-14-17-35-61(54)71/h3-42H,1-2H3. The quantitative estimate of drug-likeness (QED) is 0.160. The summed E-state index contributed by atoms with van der Waals surface area (Å²) >= 11 is 0. The molecule has 2 heterocycles. The molecule has 12 aromatic rings. The molecule has 0 fully saturated rings. The number of benzene rings is 10. The van der Waals surface area contributed by atoms with Gasteiger partial charge in [0, 0.05) is 38.6 Å². The van der Waals surface area contributed by atoms with Crippen LogP contribution in [-0.2, 0) is 10.8 Å². The molecule has 0 spiro atoms. The largest absolute Gasteiger partial charge is 0.309 e. The van der Waals surface area contributed by atoms with Gasteiger partial charge in [-0.05, 0) is 103 Å². The van der Waals surface area contributed by atoms with E-state index in [2.05, 4.69) is 243 Å². The SMILES string of the molecule is CC1(C)c2ccccc2-c2c(-c3ccc4c(c3)C(c3ccccc3)(c3ccccc3)c3cc(-c5nc(-c6ccccc6)nc(-c6cccc(-n7c8ccccc8c8ccccc87)c6)n5)ccc3-4)cccc21. The van der Waals surface area contributed by atoms with Crippen molar-refractivity contribution in [2.75, 3.05) is 0 Å². The van der Waals surface area contributed by atoms with Crippen molar-refractivity contribution in [2.45, 2.75) is 24.7 Å². The fourth-order valence-electron chi connectivity index (χ4n) is 12.1. The van der Waals surface area contributed by atoms with E-state index in [9.17, 15) is 0 Å². The predicted octanol–water partition coefficient (Wildman–Crippen LogP) is 16.3. The van der Waals surface area contributed by atoms with Gasteiger partial charge in [-0.25, -0.2) is 15.0 Å². The monoisotopic (exact) mass is 906 g/mol. The first-order valence-corrected chi connectivity index (χ1v) is 24.5. The van der Waals surface area contributed by atoms with Gasteiger partial charge in [-0.3, -0.25) is 0 Å². The number of hydrogen-bond donors (Lipinski definition) is 0. The minimum absolute atomic E-state index is 0.104. The Morgan fingerprint density at radius 1 is 0.324 bits per heavy atom. The van der Waals surface area contributed by atoms with Crippen molar-refractivity contribution in [3.8, 4) is 73.2 Å². The van der Waals surface area contributed by atoms with E-state index in [-0.39, 0.29) is 5.41 Å². The van der Waals surface area contributed by atoms with Crippen molar-refractivity contribution < 1.29 is 0 Å². The fraction of sp³-hybridized carbons (Fsp3) is 0.0597. The first-order chi connectivity index (χ1) is 35.0. The van der Waals surface area contributed by atoms with Crippen molar-refractivity contribution in [1.29, 1.82) is 0 Å². The predicted molar refractivity (Wildman–Crippen MR) is 291 cm³/mol. The summed E-state index contributed by atoms with van der Waals surface area (Å²) in [4.78, 5) is 15.9. The molecule has 4 nitrogen and oxygen atoms in total. The molecule has 334 valence electrons. The normalized spacial score (nSPS) is 13.7. The summed E-state index contributed by atoms with van der Waals surface area (Å²) in [6.07, 6.45) is 0. The summed E-state index contributed by atoms with van der Waals surface area (Å²) in [7, 11) is 0. The van der Waals surface area contributed by atoms with E-state index in [1.54, 1.807) is 0 Å². The third kappa shape index (κ3) is 6.14. The van der Waals surface area contributed by atoms with E-state index in [0.29, 0.717) is 17.5 Å². The van der Waals surface area contributed by atoms with Crippen LogP contribution >= 0.6 is 0 Å². The van der Waals surface area contributed by atoms with Crippen molar-refractivity contribution in [1.82, 2.24) is 19.5 Å². The maximum atomic E-state index is 5.40. The lowest BCUT2D eigenvalue weighted by atomic mass is 9.67. The van der Waals surface area contributed by atoms with Gasteiger partial charge in [0.1, 0.15) is 0 Å². The van der Waals surface area contributed by atoms with Crippen LogP contribution in [0.25, 0.3) is 95.0 Å². The van der Waals surface area contributed by atoms with Crippen LogP contribution in [0.5, 0.6) is 0 Å². The summed E-state index contributed by atoms with van der Waals surface area (Å²) in [5.41, 5.74) is 20.5. The summed E-state index contributed by atoms with van der Waals surface area (Å²) < 4.78 is 2.34. The van der Waals surface area contributed by atoms with Crippen LogP contribution in [0.2, 0.25) is 0 Å². The summed E-state index contributed by atoms with van der Waals surface area (Å²) in [6, 6.07) is 88.1. The van der Waals surface area contributed by atoms with E-state index in [1.165, 1.54) is 77.5 Å². The molecule has 0 amide bonds. The first-order valence-electron chi connectivity index (χ1n) is 24.5. The second kappa shape index (κ2) is 15.8.